The van der Waals surface area contributed by atoms with Gasteiger partial charge in [-0.1, -0.05) is 6.92 Å². The number of fused-ring (bicyclic) bond motifs is 1. The minimum atomic E-state index is -0.855. The zero-order chi connectivity index (χ0) is 16.5. The topological polar surface area (TPSA) is 68.2 Å². The van der Waals surface area contributed by atoms with Crippen molar-refractivity contribution in [3.63, 3.8) is 0 Å². The first-order valence-corrected chi connectivity index (χ1v) is 9.14. The van der Waals surface area contributed by atoms with Crippen LogP contribution >= 0.6 is 0 Å². The summed E-state index contributed by atoms with van der Waals surface area (Å²) in [5.41, 5.74) is -0.855. The molecule has 23 heavy (non-hydrogen) atoms. The zero-order valence-corrected chi connectivity index (χ0v) is 14.5. The predicted molar refractivity (Wildman–Crippen MR) is 85.9 cm³/mol. The van der Waals surface area contributed by atoms with Crippen molar-refractivity contribution < 1.29 is 24.4 Å². The Kier molecular flexibility index (Phi) is 5.33. The Morgan fingerprint density at radius 1 is 1.09 bits per heavy atom. The molecule has 2 aliphatic heterocycles. The van der Waals surface area contributed by atoms with Crippen molar-refractivity contribution in [2.24, 2.45) is 23.7 Å². The standard InChI is InChI=1S/C14H24O4.C4H8O/c1-9-3-10-4-14(5-11(10)12(9)6-15)17-7-13(2,16)8-18-14;1-2-4-5-3-1/h9-12,15-16H,3-8H2,1-2H3;1-4H2/t9-,10-,11+,12+,13?,14?;/m1./s1. The van der Waals surface area contributed by atoms with E-state index in [4.69, 9.17) is 14.2 Å². The number of aliphatic hydroxyl groups is 2. The Balaban J connectivity index is 0.000000267. The van der Waals surface area contributed by atoms with E-state index in [1.165, 1.54) is 19.3 Å². The fourth-order valence-electron chi connectivity index (χ4n) is 4.71. The highest BCUT2D eigenvalue weighted by molar-refractivity contribution is 5.01. The highest BCUT2D eigenvalue weighted by atomic mass is 16.7. The lowest BCUT2D eigenvalue weighted by Crippen LogP contribution is -2.51. The summed E-state index contributed by atoms with van der Waals surface area (Å²) in [5.74, 6) is 1.65. The molecule has 0 aromatic carbocycles. The molecule has 2 saturated heterocycles. The molecule has 4 fully saturated rings. The molecule has 5 nitrogen and oxygen atoms in total. The van der Waals surface area contributed by atoms with Gasteiger partial charge >= 0.3 is 0 Å². The Hall–Kier alpha value is -0.200. The molecule has 4 atom stereocenters. The molecule has 0 bridgehead atoms. The lowest BCUT2D eigenvalue weighted by atomic mass is 9.89. The Morgan fingerprint density at radius 3 is 2.26 bits per heavy atom. The molecule has 0 aromatic heterocycles. The fourth-order valence-corrected chi connectivity index (χ4v) is 4.71. The van der Waals surface area contributed by atoms with E-state index < -0.39 is 11.4 Å². The van der Waals surface area contributed by atoms with Crippen LogP contribution < -0.4 is 0 Å². The van der Waals surface area contributed by atoms with Crippen molar-refractivity contribution in [2.75, 3.05) is 33.0 Å². The lowest BCUT2D eigenvalue weighted by Gasteiger charge is -2.41. The first-order chi connectivity index (χ1) is 10.9. The van der Waals surface area contributed by atoms with Crippen LogP contribution in [0.25, 0.3) is 0 Å². The van der Waals surface area contributed by atoms with Gasteiger partial charge in [-0.15, -0.1) is 0 Å². The van der Waals surface area contributed by atoms with E-state index >= 15 is 0 Å². The van der Waals surface area contributed by atoms with Gasteiger partial charge < -0.3 is 24.4 Å². The van der Waals surface area contributed by atoms with Gasteiger partial charge in [0.25, 0.3) is 0 Å². The Morgan fingerprint density at radius 2 is 1.74 bits per heavy atom. The highest BCUT2D eigenvalue weighted by Gasteiger charge is 2.56. The van der Waals surface area contributed by atoms with Gasteiger partial charge in [0.1, 0.15) is 5.60 Å². The monoisotopic (exact) mass is 328 g/mol. The molecular weight excluding hydrogens is 296 g/mol. The van der Waals surface area contributed by atoms with Crippen molar-refractivity contribution in [2.45, 2.75) is 57.3 Å². The third-order valence-corrected chi connectivity index (χ3v) is 6.01. The van der Waals surface area contributed by atoms with Gasteiger partial charge in [0.15, 0.2) is 5.79 Å². The molecule has 0 unspecified atom stereocenters. The smallest absolute Gasteiger partial charge is 0.169 e. The van der Waals surface area contributed by atoms with E-state index in [1.807, 2.05) is 0 Å². The molecule has 2 aliphatic carbocycles. The predicted octanol–water partition coefficient (Wildman–Crippen LogP) is 1.95. The summed E-state index contributed by atoms with van der Waals surface area (Å²) >= 11 is 0. The molecular formula is C18H32O5. The van der Waals surface area contributed by atoms with Crippen molar-refractivity contribution >= 4 is 0 Å². The first kappa shape index (κ1) is 17.6. The van der Waals surface area contributed by atoms with Crippen LogP contribution in [0.3, 0.4) is 0 Å². The van der Waals surface area contributed by atoms with Crippen molar-refractivity contribution in [3.8, 4) is 0 Å². The average molecular weight is 328 g/mol. The van der Waals surface area contributed by atoms with Gasteiger partial charge in [-0.2, -0.15) is 0 Å². The second-order valence-corrected chi connectivity index (χ2v) is 8.20. The van der Waals surface area contributed by atoms with Gasteiger partial charge in [-0.3, -0.25) is 0 Å². The van der Waals surface area contributed by atoms with Crippen LogP contribution in [0.5, 0.6) is 0 Å². The van der Waals surface area contributed by atoms with Gasteiger partial charge in [0.05, 0.1) is 13.2 Å². The van der Waals surface area contributed by atoms with E-state index in [9.17, 15) is 10.2 Å². The summed E-state index contributed by atoms with van der Waals surface area (Å²) in [6.45, 7) is 6.96. The molecule has 2 N–H and O–H groups in total. The second-order valence-electron chi connectivity index (χ2n) is 8.20. The minimum Gasteiger partial charge on any atom is -0.396 e. The van der Waals surface area contributed by atoms with E-state index in [0.717, 1.165) is 26.1 Å². The molecule has 1 spiro atoms. The maximum absolute atomic E-state index is 9.87. The summed E-state index contributed by atoms with van der Waals surface area (Å²) in [7, 11) is 0. The zero-order valence-electron chi connectivity index (χ0n) is 14.5. The number of hydrogen-bond donors (Lipinski definition) is 2. The molecule has 0 aromatic rings. The molecule has 0 radical (unpaired) electrons. The van der Waals surface area contributed by atoms with Crippen LogP contribution in [0.2, 0.25) is 0 Å². The summed E-state index contributed by atoms with van der Waals surface area (Å²) in [4.78, 5) is 0. The van der Waals surface area contributed by atoms with Gasteiger partial charge in [0.2, 0.25) is 0 Å². The first-order valence-electron chi connectivity index (χ1n) is 9.14. The molecule has 2 heterocycles. The quantitative estimate of drug-likeness (QED) is 0.770. The number of hydrogen-bond acceptors (Lipinski definition) is 5. The normalized spacial score (nSPS) is 49.0. The maximum Gasteiger partial charge on any atom is 0.169 e. The van der Waals surface area contributed by atoms with Gasteiger partial charge in [0, 0.05) is 32.7 Å². The van der Waals surface area contributed by atoms with E-state index in [0.29, 0.717) is 36.9 Å². The minimum absolute atomic E-state index is 0.274. The van der Waals surface area contributed by atoms with Crippen molar-refractivity contribution in [1.29, 1.82) is 0 Å². The van der Waals surface area contributed by atoms with Crippen LogP contribution in [0, 0.1) is 23.7 Å². The molecule has 134 valence electrons. The summed E-state index contributed by atoms with van der Waals surface area (Å²) in [5, 5.41) is 19.4. The van der Waals surface area contributed by atoms with E-state index in [-0.39, 0.29) is 6.61 Å². The van der Waals surface area contributed by atoms with Gasteiger partial charge in [-0.25, -0.2) is 0 Å². The van der Waals surface area contributed by atoms with Crippen LogP contribution in [0.15, 0.2) is 0 Å². The van der Waals surface area contributed by atoms with E-state index in [2.05, 4.69) is 6.92 Å². The van der Waals surface area contributed by atoms with Gasteiger partial charge in [-0.05, 0) is 49.9 Å². The van der Waals surface area contributed by atoms with E-state index in [1.54, 1.807) is 6.92 Å². The molecule has 2 saturated carbocycles. The van der Waals surface area contributed by atoms with Crippen LogP contribution in [0.4, 0.5) is 0 Å². The third kappa shape index (κ3) is 3.90. The van der Waals surface area contributed by atoms with Crippen molar-refractivity contribution in [3.05, 3.63) is 0 Å². The lowest BCUT2D eigenvalue weighted by molar-refractivity contribution is -0.313. The highest BCUT2D eigenvalue weighted by Crippen LogP contribution is 2.56. The second kappa shape index (κ2) is 6.96. The number of ether oxygens (including phenoxy) is 3. The number of aliphatic hydroxyl groups excluding tert-OH is 1. The average Bonchev–Trinajstić information content (AvgIpc) is 3.21. The largest absolute Gasteiger partial charge is 0.396 e. The summed E-state index contributed by atoms with van der Waals surface area (Å²) < 4.78 is 16.6. The SMILES string of the molecule is C1CCOC1.C[C@@H]1C[C@@H]2CC3(C[C@@H]2[C@H]1CO)OCC(C)(O)CO3. The fraction of sp³-hybridized carbons (Fsp3) is 1.00. The molecule has 4 rings (SSSR count). The van der Waals surface area contributed by atoms with Crippen LogP contribution in [-0.4, -0.2) is 54.6 Å². The summed E-state index contributed by atoms with van der Waals surface area (Å²) in [6, 6.07) is 0. The maximum atomic E-state index is 9.87. The molecule has 4 aliphatic rings. The van der Waals surface area contributed by atoms with Crippen molar-refractivity contribution in [1.82, 2.24) is 0 Å². The third-order valence-electron chi connectivity index (χ3n) is 6.01. The number of rotatable bonds is 1. The van der Waals surface area contributed by atoms with Crippen LogP contribution in [0.1, 0.15) is 46.0 Å². The Bertz CT molecular complexity index is 375. The molecule has 0 amide bonds. The molecule has 5 heteroatoms. The van der Waals surface area contributed by atoms with Crippen LogP contribution in [-0.2, 0) is 14.2 Å². The Labute approximate surface area is 139 Å². The summed E-state index contributed by atoms with van der Waals surface area (Å²) in [6.07, 6.45) is 5.53.